The Morgan fingerprint density at radius 1 is 1.12 bits per heavy atom. The molecular formula is C15H18N2. The molecule has 0 radical (unpaired) electrons. The Morgan fingerprint density at radius 3 is 2.76 bits per heavy atom. The molecule has 2 aromatic rings. The minimum atomic E-state index is 0.889. The average molecular weight is 226 g/mol. The minimum Gasteiger partial charge on any atom is -0.312 e. The van der Waals surface area contributed by atoms with E-state index in [1.807, 2.05) is 12.3 Å². The Morgan fingerprint density at radius 2 is 2.00 bits per heavy atom. The lowest BCUT2D eigenvalue weighted by Gasteiger charge is -2.07. The van der Waals surface area contributed by atoms with E-state index < -0.39 is 0 Å². The van der Waals surface area contributed by atoms with E-state index in [-0.39, 0.29) is 0 Å². The summed E-state index contributed by atoms with van der Waals surface area (Å²) >= 11 is 0. The molecule has 0 aliphatic heterocycles. The van der Waals surface area contributed by atoms with Gasteiger partial charge in [0.25, 0.3) is 0 Å². The van der Waals surface area contributed by atoms with Crippen LogP contribution >= 0.6 is 0 Å². The van der Waals surface area contributed by atoms with E-state index in [4.69, 9.17) is 0 Å². The van der Waals surface area contributed by atoms with Crippen molar-refractivity contribution in [1.82, 2.24) is 10.3 Å². The molecule has 0 saturated heterocycles. The number of nitrogens with one attached hydrogen (secondary N) is 1. The first kappa shape index (κ1) is 11.8. The predicted molar refractivity (Wildman–Crippen MR) is 70.8 cm³/mol. The van der Waals surface area contributed by atoms with Crippen molar-refractivity contribution in [2.45, 2.75) is 19.9 Å². The van der Waals surface area contributed by atoms with E-state index in [0.29, 0.717) is 0 Å². The van der Waals surface area contributed by atoms with Crippen LogP contribution < -0.4 is 5.32 Å². The summed E-state index contributed by atoms with van der Waals surface area (Å²) in [6, 6.07) is 12.6. The number of aromatic nitrogens is 1. The third-order valence-corrected chi connectivity index (χ3v) is 2.88. The van der Waals surface area contributed by atoms with Crippen LogP contribution in [0.3, 0.4) is 0 Å². The summed E-state index contributed by atoms with van der Waals surface area (Å²) in [5.41, 5.74) is 4.03. The lowest BCUT2D eigenvalue weighted by Crippen LogP contribution is -2.17. The normalized spacial score (nSPS) is 10.4. The first-order chi connectivity index (χ1) is 8.36. The van der Waals surface area contributed by atoms with Gasteiger partial charge in [-0.25, -0.2) is 0 Å². The summed E-state index contributed by atoms with van der Waals surface area (Å²) in [6.07, 6.45) is 4.78. The molecule has 0 bridgehead atoms. The molecule has 0 atom stereocenters. The molecule has 17 heavy (non-hydrogen) atoms. The fraction of sp³-hybridized carbons (Fsp3) is 0.267. The third-order valence-electron chi connectivity index (χ3n) is 2.88. The van der Waals surface area contributed by atoms with Crippen LogP contribution in [0.5, 0.6) is 0 Å². The average Bonchev–Trinajstić information content (AvgIpc) is 2.38. The van der Waals surface area contributed by atoms with Crippen molar-refractivity contribution >= 4 is 0 Å². The van der Waals surface area contributed by atoms with Gasteiger partial charge in [0.15, 0.2) is 0 Å². The maximum Gasteiger partial charge on any atom is 0.0312 e. The lowest BCUT2D eigenvalue weighted by atomic mass is 10.1. The molecule has 0 spiro atoms. The van der Waals surface area contributed by atoms with Gasteiger partial charge in [-0.15, -0.1) is 0 Å². The van der Waals surface area contributed by atoms with E-state index in [0.717, 1.165) is 19.5 Å². The molecule has 1 heterocycles. The van der Waals surface area contributed by atoms with Crippen LogP contribution in [-0.2, 0) is 13.0 Å². The van der Waals surface area contributed by atoms with Crippen molar-refractivity contribution < 1.29 is 0 Å². The molecule has 0 aliphatic carbocycles. The van der Waals surface area contributed by atoms with Crippen LogP contribution in [0.2, 0.25) is 0 Å². The van der Waals surface area contributed by atoms with Gasteiger partial charge in [-0.2, -0.15) is 0 Å². The zero-order valence-electron chi connectivity index (χ0n) is 10.2. The van der Waals surface area contributed by atoms with Crippen molar-refractivity contribution in [1.29, 1.82) is 0 Å². The summed E-state index contributed by atoms with van der Waals surface area (Å²) in [4.78, 5) is 4.10. The molecule has 0 amide bonds. The molecule has 2 heteroatoms. The number of benzene rings is 1. The Labute approximate surface area is 103 Å². The second-order valence-corrected chi connectivity index (χ2v) is 4.21. The molecule has 88 valence electrons. The van der Waals surface area contributed by atoms with Crippen LogP contribution in [0.1, 0.15) is 16.7 Å². The standard InChI is InChI=1S/C15H18N2/c1-13-5-2-3-7-15(13)8-10-17-12-14-6-4-9-16-11-14/h2-7,9,11,17H,8,10,12H2,1H3. The highest BCUT2D eigenvalue weighted by Crippen LogP contribution is 2.06. The van der Waals surface area contributed by atoms with Crippen molar-refractivity contribution in [3.8, 4) is 0 Å². The van der Waals surface area contributed by atoms with E-state index >= 15 is 0 Å². The van der Waals surface area contributed by atoms with Crippen LogP contribution in [-0.4, -0.2) is 11.5 Å². The second-order valence-electron chi connectivity index (χ2n) is 4.21. The highest BCUT2D eigenvalue weighted by molar-refractivity contribution is 5.25. The van der Waals surface area contributed by atoms with Crippen molar-refractivity contribution in [3.63, 3.8) is 0 Å². The number of pyridine rings is 1. The van der Waals surface area contributed by atoms with Crippen molar-refractivity contribution in [2.75, 3.05) is 6.54 Å². The zero-order chi connectivity index (χ0) is 11.9. The van der Waals surface area contributed by atoms with Gasteiger partial charge >= 0.3 is 0 Å². The topological polar surface area (TPSA) is 24.9 Å². The first-order valence-corrected chi connectivity index (χ1v) is 6.00. The fourth-order valence-corrected chi connectivity index (χ4v) is 1.85. The molecule has 0 unspecified atom stereocenters. The molecule has 0 saturated carbocycles. The highest BCUT2D eigenvalue weighted by Gasteiger charge is 1.96. The van der Waals surface area contributed by atoms with Gasteiger partial charge in [0.05, 0.1) is 0 Å². The van der Waals surface area contributed by atoms with Crippen LogP contribution in [0, 0.1) is 6.92 Å². The van der Waals surface area contributed by atoms with Crippen LogP contribution in [0.25, 0.3) is 0 Å². The largest absolute Gasteiger partial charge is 0.312 e. The molecular weight excluding hydrogens is 208 g/mol. The maximum atomic E-state index is 4.10. The Kier molecular flexibility index (Phi) is 4.28. The number of hydrogen-bond donors (Lipinski definition) is 1. The second kappa shape index (κ2) is 6.16. The van der Waals surface area contributed by atoms with Crippen molar-refractivity contribution in [3.05, 3.63) is 65.5 Å². The summed E-state index contributed by atoms with van der Waals surface area (Å²) < 4.78 is 0. The number of hydrogen-bond acceptors (Lipinski definition) is 2. The highest BCUT2D eigenvalue weighted by atomic mass is 14.8. The van der Waals surface area contributed by atoms with Gasteiger partial charge in [0, 0.05) is 18.9 Å². The van der Waals surface area contributed by atoms with Gasteiger partial charge in [0.1, 0.15) is 0 Å². The van der Waals surface area contributed by atoms with Crippen molar-refractivity contribution in [2.24, 2.45) is 0 Å². The van der Waals surface area contributed by atoms with Crippen LogP contribution in [0.15, 0.2) is 48.8 Å². The Hall–Kier alpha value is -1.67. The number of aryl methyl sites for hydroxylation is 1. The smallest absolute Gasteiger partial charge is 0.0312 e. The summed E-state index contributed by atoms with van der Waals surface area (Å²) in [5.74, 6) is 0. The molecule has 0 aliphatic rings. The number of rotatable bonds is 5. The van der Waals surface area contributed by atoms with Gasteiger partial charge in [-0.3, -0.25) is 4.98 Å². The van der Waals surface area contributed by atoms with E-state index in [1.165, 1.54) is 16.7 Å². The van der Waals surface area contributed by atoms with Crippen LogP contribution in [0.4, 0.5) is 0 Å². The van der Waals surface area contributed by atoms with E-state index in [9.17, 15) is 0 Å². The molecule has 1 N–H and O–H groups in total. The molecule has 1 aromatic carbocycles. The predicted octanol–water partition coefficient (Wildman–Crippen LogP) is 2.72. The molecule has 2 rings (SSSR count). The van der Waals surface area contributed by atoms with Gasteiger partial charge in [-0.1, -0.05) is 30.3 Å². The first-order valence-electron chi connectivity index (χ1n) is 6.00. The quantitative estimate of drug-likeness (QED) is 0.793. The molecule has 0 fully saturated rings. The van der Waals surface area contributed by atoms with Gasteiger partial charge in [-0.05, 0) is 42.6 Å². The molecule has 1 aromatic heterocycles. The van der Waals surface area contributed by atoms with Gasteiger partial charge in [0.2, 0.25) is 0 Å². The lowest BCUT2D eigenvalue weighted by molar-refractivity contribution is 0.684. The van der Waals surface area contributed by atoms with E-state index in [1.54, 1.807) is 6.20 Å². The Balaban J connectivity index is 1.76. The summed E-state index contributed by atoms with van der Waals surface area (Å²) in [6.45, 7) is 4.05. The Bertz CT molecular complexity index is 451. The zero-order valence-corrected chi connectivity index (χ0v) is 10.2. The monoisotopic (exact) mass is 226 g/mol. The van der Waals surface area contributed by atoms with E-state index in [2.05, 4.69) is 47.6 Å². The molecule has 2 nitrogen and oxygen atoms in total. The number of nitrogens with zero attached hydrogens (tertiary/aromatic N) is 1. The van der Waals surface area contributed by atoms with Gasteiger partial charge < -0.3 is 5.32 Å². The SMILES string of the molecule is Cc1ccccc1CCNCc1cccnc1. The third kappa shape index (κ3) is 3.68. The summed E-state index contributed by atoms with van der Waals surface area (Å²) in [7, 11) is 0. The minimum absolute atomic E-state index is 0.889. The maximum absolute atomic E-state index is 4.10. The summed E-state index contributed by atoms with van der Waals surface area (Å²) in [5, 5.41) is 3.44. The fourth-order valence-electron chi connectivity index (χ4n) is 1.85.